The molecule has 3 amide bonds. The Morgan fingerprint density at radius 2 is 1.46 bits per heavy atom. The second-order valence-corrected chi connectivity index (χ2v) is 7.78. The van der Waals surface area contributed by atoms with Crippen LogP contribution in [0.5, 0.6) is 5.75 Å². The minimum absolute atomic E-state index is 0.0439. The van der Waals surface area contributed by atoms with E-state index >= 15 is 0 Å². The summed E-state index contributed by atoms with van der Waals surface area (Å²) in [5.41, 5.74) is 6.18. The molecule has 14 heteroatoms. The molecule has 194 valence electrons. The molecule has 0 bridgehead atoms. The van der Waals surface area contributed by atoms with Gasteiger partial charge in [0.25, 0.3) is 0 Å². The van der Waals surface area contributed by atoms with Gasteiger partial charge in [-0.1, -0.05) is 12.1 Å². The van der Waals surface area contributed by atoms with Gasteiger partial charge in [0.2, 0.25) is 17.7 Å². The topological polar surface area (TPSA) is 249 Å². The molecular weight excluding hydrogens is 468 g/mol. The largest absolute Gasteiger partial charge is 0.508 e. The van der Waals surface area contributed by atoms with E-state index in [0.29, 0.717) is 5.56 Å². The van der Waals surface area contributed by atoms with Gasteiger partial charge in [-0.3, -0.25) is 19.2 Å². The van der Waals surface area contributed by atoms with Crippen LogP contribution >= 0.6 is 0 Å². The van der Waals surface area contributed by atoms with Crippen molar-refractivity contribution in [3.05, 3.63) is 29.8 Å². The minimum Gasteiger partial charge on any atom is -0.508 e. The first-order valence-electron chi connectivity index (χ1n) is 10.5. The average Bonchev–Trinajstić information content (AvgIpc) is 2.79. The fourth-order valence-electron chi connectivity index (χ4n) is 2.87. The number of aromatic hydroxyl groups is 1. The standard InChI is InChI=1S/C21H30N4O10/c1-10(27)17(21(34)35)25-20(33)15(9-26)24-19(32)14(8-11-2-4-12(28)5-3-11)23-18(31)13(22)6-7-16(29)30/h2-5,10,13-15,17,26-28H,6-9,22H2,1H3,(H,23,31)(H,24,32)(H,25,33)(H,29,30)(H,34,35). The van der Waals surface area contributed by atoms with Crippen molar-refractivity contribution in [3.8, 4) is 5.75 Å². The van der Waals surface area contributed by atoms with Crippen LogP contribution in [0, 0.1) is 0 Å². The predicted octanol–water partition coefficient (Wildman–Crippen LogP) is -2.96. The minimum atomic E-state index is -1.70. The van der Waals surface area contributed by atoms with Gasteiger partial charge in [0.15, 0.2) is 6.04 Å². The summed E-state index contributed by atoms with van der Waals surface area (Å²) in [6, 6.07) is -0.271. The number of nitrogens with two attached hydrogens (primary N) is 1. The van der Waals surface area contributed by atoms with Crippen LogP contribution in [0.4, 0.5) is 0 Å². The Bertz CT molecular complexity index is 906. The van der Waals surface area contributed by atoms with Crippen LogP contribution in [0.3, 0.4) is 0 Å². The van der Waals surface area contributed by atoms with E-state index in [1.807, 2.05) is 5.32 Å². The maximum Gasteiger partial charge on any atom is 0.328 e. The number of hydrogen-bond donors (Lipinski definition) is 9. The highest BCUT2D eigenvalue weighted by atomic mass is 16.4. The van der Waals surface area contributed by atoms with Crippen molar-refractivity contribution in [2.24, 2.45) is 5.73 Å². The number of phenols is 1. The molecule has 0 radical (unpaired) electrons. The van der Waals surface area contributed by atoms with Gasteiger partial charge in [-0.2, -0.15) is 0 Å². The first-order valence-corrected chi connectivity index (χ1v) is 10.5. The molecule has 1 rings (SSSR count). The van der Waals surface area contributed by atoms with E-state index in [-0.39, 0.29) is 25.0 Å². The fraction of sp³-hybridized carbons (Fsp3) is 0.476. The van der Waals surface area contributed by atoms with Crippen LogP contribution in [0.1, 0.15) is 25.3 Å². The number of carbonyl (C=O) groups excluding carboxylic acids is 3. The number of benzene rings is 1. The molecular formula is C21H30N4O10. The Kier molecular flexibility index (Phi) is 11.6. The predicted molar refractivity (Wildman–Crippen MR) is 119 cm³/mol. The second-order valence-electron chi connectivity index (χ2n) is 7.78. The molecule has 0 aromatic heterocycles. The number of aliphatic hydroxyl groups is 2. The van der Waals surface area contributed by atoms with Crippen LogP contribution in [0.2, 0.25) is 0 Å². The van der Waals surface area contributed by atoms with Crippen molar-refractivity contribution in [2.45, 2.75) is 56.5 Å². The van der Waals surface area contributed by atoms with E-state index in [4.69, 9.17) is 15.9 Å². The Morgan fingerprint density at radius 3 is 1.94 bits per heavy atom. The number of aliphatic carboxylic acids is 2. The van der Waals surface area contributed by atoms with Crippen molar-refractivity contribution >= 4 is 29.7 Å². The number of rotatable bonds is 14. The summed E-state index contributed by atoms with van der Waals surface area (Å²) in [5, 5.41) is 52.9. The maximum absolute atomic E-state index is 12.9. The molecule has 10 N–H and O–H groups in total. The van der Waals surface area contributed by atoms with Crippen LogP contribution < -0.4 is 21.7 Å². The molecule has 0 fully saturated rings. The molecule has 35 heavy (non-hydrogen) atoms. The molecule has 0 heterocycles. The number of amides is 3. The van der Waals surface area contributed by atoms with Gasteiger partial charge < -0.3 is 47.2 Å². The second kappa shape index (κ2) is 13.8. The lowest BCUT2D eigenvalue weighted by Crippen LogP contribution is -2.59. The number of hydrogen-bond acceptors (Lipinski definition) is 9. The van der Waals surface area contributed by atoms with Gasteiger partial charge in [-0.05, 0) is 31.0 Å². The Balaban J connectivity index is 3.02. The molecule has 0 spiro atoms. The molecule has 5 unspecified atom stereocenters. The van der Waals surface area contributed by atoms with E-state index in [0.717, 1.165) is 6.92 Å². The van der Waals surface area contributed by atoms with E-state index in [1.54, 1.807) is 0 Å². The summed E-state index contributed by atoms with van der Waals surface area (Å²) in [7, 11) is 0. The zero-order valence-corrected chi connectivity index (χ0v) is 18.9. The van der Waals surface area contributed by atoms with Crippen molar-refractivity contribution in [1.29, 1.82) is 0 Å². The van der Waals surface area contributed by atoms with Gasteiger partial charge >= 0.3 is 11.9 Å². The zero-order chi connectivity index (χ0) is 26.7. The zero-order valence-electron chi connectivity index (χ0n) is 18.9. The Labute approximate surface area is 200 Å². The summed E-state index contributed by atoms with van der Waals surface area (Å²) in [5.74, 6) is -5.62. The lowest BCUT2D eigenvalue weighted by molar-refractivity contribution is -0.145. The molecule has 0 aliphatic heterocycles. The summed E-state index contributed by atoms with van der Waals surface area (Å²) in [6.07, 6.45) is -2.19. The molecule has 0 aliphatic rings. The van der Waals surface area contributed by atoms with Gasteiger partial charge in [-0.25, -0.2) is 4.79 Å². The summed E-state index contributed by atoms with van der Waals surface area (Å²) in [6.45, 7) is 0.199. The molecule has 5 atom stereocenters. The molecule has 0 saturated carbocycles. The quantitative estimate of drug-likeness (QED) is 0.125. The fourth-order valence-corrected chi connectivity index (χ4v) is 2.87. The van der Waals surface area contributed by atoms with Gasteiger partial charge in [-0.15, -0.1) is 0 Å². The third-order valence-corrected chi connectivity index (χ3v) is 4.88. The molecule has 0 saturated heterocycles. The SMILES string of the molecule is CC(O)C(NC(=O)C(CO)NC(=O)C(Cc1ccc(O)cc1)NC(=O)C(N)CCC(=O)O)C(=O)O. The number of aliphatic hydroxyl groups excluding tert-OH is 2. The number of phenolic OH excluding ortho intramolecular Hbond substituents is 1. The van der Waals surface area contributed by atoms with Crippen molar-refractivity contribution in [1.82, 2.24) is 16.0 Å². The molecule has 1 aromatic carbocycles. The van der Waals surface area contributed by atoms with Crippen LogP contribution in [0.25, 0.3) is 0 Å². The summed E-state index contributed by atoms with van der Waals surface area (Å²) in [4.78, 5) is 59.6. The van der Waals surface area contributed by atoms with Gasteiger partial charge in [0.1, 0.15) is 17.8 Å². The number of carboxylic acids is 2. The van der Waals surface area contributed by atoms with Crippen molar-refractivity contribution in [3.63, 3.8) is 0 Å². The number of carbonyl (C=O) groups is 5. The van der Waals surface area contributed by atoms with E-state index in [2.05, 4.69) is 10.6 Å². The van der Waals surface area contributed by atoms with Crippen molar-refractivity contribution < 1.29 is 49.5 Å². The highest BCUT2D eigenvalue weighted by Crippen LogP contribution is 2.12. The summed E-state index contributed by atoms with van der Waals surface area (Å²) >= 11 is 0. The molecule has 1 aromatic rings. The highest BCUT2D eigenvalue weighted by Gasteiger charge is 2.31. The normalized spacial score (nSPS) is 15.1. The van der Waals surface area contributed by atoms with Gasteiger partial charge in [0.05, 0.1) is 18.8 Å². The summed E-state index contributed by atoms with van der Waals surface area (Å²) < 4.78 is 0. The van der Waals surface area contributed by atoms with Crippen LogP contribution in [-0.2, 0) is 30.4 Å². The first-order chi connectivity index (χ1) is 16.3. The Morgan fingerprint density at radius 1 is 0.914 bits per heavy atom. The lowest BCUT2D eigenvalue weighted by Gasteiger charge is -2.25. The third-order valence-electron chi connectivity index (χ3n) is 4.88. The van der Waals surface area contributed by atoms with E-state index in [1.165, 1.54) is 24.3 Å². The van der Waals surface area contributed by atoms with Crippen LogP contribution in [0.15, 0.2) is 24.3 Å². The third kappa shape index (κ3) is 9.95. The first kappa shape index (κ1) is 29.3. The number of carboxylic acid groups (broad SMARTS) is 2. The van der Waals surface area contributed by atoms with E-state index in [9.17, 15) is 39.3 Å². The maximum atomic E-state index is 12.9. The highest BCUT2D eigenvalue weighted by molar-refractivity contribution is 5.94. The number of nitrogens with one attached hydrogen (secondary N) is 3. The lowest BCUT2D eigenvalue weighted by atomic mass is 10.0. The van der Waals surface area contributed by atoms with Crippen LogP contribution in [-0.4, -0.2) is 92.1 Å². The smallest absolute Gasteiger partial charge is 0.328 e. The molecule has 14 nitrogen and oxygen atoms in total. The Hall–Kier alpha value is -3.75. The van der Waals surface area contributed by atoms with Gasteiger partial charge in [0, 0.05) is 12.8 Å². The monoisotopic (exact) mass is 498 g/mol. The molecule has 0 aliphatic carbocycles. The average molecular weight is 498 g/mol. The van der Waals surface area contributed by atoms with Crippen molar-refractivity contribution in [2.75, 3.05) is 6.61 Å². The van der Waals surface area contributed by atoms with E-state index < -0.39 is 66.5 Å².